The third-order valence-corrected chi connectivity index (χ3v) is 2.75. The normalized spacial score (nSPS) is 10.9. The first-order valence-corrected chi connectivity index (χ1v) is 5.87. The van der Waals surface area contributed by atoms with E-state index in [0.717, 1.165) is 19.3 Å². The van der Waals surface area contributed by atoms with Crippen molar-refractivity contribution in [1.29, 1.82) is 0 Å². The first-order chi connectivity index (χ1) is 8.20. The second kappa shape index (κ2) is 4.99. The molecular formula is C13H15NO3. The van der Waals surface area contributed by atoms with Crippen LogP contribution in [-0.4, -0.2) is 10.8 Å². The highest BCUT2D eigenvalue weighted by atomic mass is 16.4. The summed E-state index contributed by atoms with van der Waals surface area (Å²) in [6.07, 6.45) is 3.62. The molecule has 0 saturated carbocycles. The Bertz CT molecular complexity index is 580. The number of hydrogen-bond acceptors (Lipinski definition) is 3. The Morgan fingerprint density at radius 2 is 2.18 bits per heavy atom. The number of Topliss-reactive ketones (excluding diaryl/α,β-unsaturated/α-hetero) is 1. The summed E-state index contributed by atoms with van der Waals surface area (Å²) in [6.45, 7) is 2.10. The summed E-state index contributed by atoms with van der Waals surface area (Å²) in [5.41, 5.74) is 1.67. The maximum atomic E-state index is 11.8. The summed E-state index contributed by atoms with van der Waals surface area (Å²) in [5, 5.41) is 0. The van der Waals surface area contributed by atoms with Gasteiger partial charge in [-0.15, -0.1) is 0 Å². The highest BCUT2D eigenvalue weighted by Gasteiger charge is 2.08. The molecule has 17 heavy (non-hydrogen) atoms. The van der Waals surface area contributed by atoms with Gasteiger partial charge >= 0.3 is 5.76 Å². The molecule has 90 valence electrons. The summed E-state index contributed by atoms with van der Waals surface area (Å²) in [7, 11) is 0. The van der Waals surface area contributed by atoms with Crippen LogP contribution in [0.3, 0.4) is 0 Å². The van der Waals surface area contributed by atoms with Gasteiger partial charge in [0.1, 0.15) is 0 Å². The molecule has 0 aliphatic carbocycles. The lowest BCUT2D eigenvalue weighted by atomic mass is 10.0. The Hall–Kier alpha value is -1.84. The minimum absolute atomic E-state index is 0.101. The number of aromatic nitrogens is 1. The SMILES string of the molecule is CCCCCC(=O)c1ccc2[nH]c(=O)oc2c1. The highest BCUT2D eigenvalue weighted by molar-refractivity contribution is 5.98. The van der Waals surface area contributed by atoms with E-state index in [-0.39, 0.29) is 5.78 Å². The molecule has 0 spiro atoms. The van der Waals surface area contributed by atoms with Gasteiger partial charge in [0.05, 0.1) is 5.52 Å². The van der Waals surface area contributed by atoms with Crippen molar-refractivity contribution in [3.63, 3.8) is 0 Å². The van der Waals surface area contributed by atoms with E-state index in [2.05, 4.69) is 11.9 Å². The molecule has 2 rings (SSSR count). The average molecular weight is 233 g/mol. The molecule has 4 nitrogen and oxygen atoms in total. The van der Waals surface area contributed by atoms with Crippen LogP contribution in [0.5, 0.6) is 0 Å². The predicted molar refractivity (Wildman–Crippen MR) is 65.3 cm³/mol. The number of ketones is 1. The molecule has 1 aromatic carbocycles. The van der Waals surface area contributed by atoms with Crippen molar-refractivity contribution in [2.24, 2.45) is 0 Å². The number of aromatic amines is 1. The molecule has 0 aliphatic heterocycles. The molecule has 0 amide bonds. The molecule has 0 atom stereocenters. The predicted octanol–water partition coefficient (Wildman–Crippen LogP) is 2.88. The summed E-state index contributed by atoms with van der Waals surface area (Å²) in [6, 6.07) is 5.05. The number of hydrogen-bond donors (Lipinski definition) is 1. The van der Waals surface area contributed by atoms with Crippen LogP contribution in [0.2, 0.25) is 0 Å². The van der Waals surface area contributed by atoms with Crippen LogP contribution < -0.4 is 5.76 Å². The van der Waals surface area contributed by atoms with Crippen LogP contribution in [0.25, 0.3) is 11.1 Å². The standard InChI is InChI=1S/C13H15NO3/c1-2-3-4-5-11(15)9-6-7-10-12(8-9)17-13(16)14-10/h6-8H,2-5H2,1H3,(H,14,16). The Labute approximate surface area is 98.6 Å². The van der Waals surface area contributed by atoms with Crippen LogP contribution in [0.4, 0.5) is 0 Å². The summed E-state index contributed by atoms with van der Waals surface area (Å²) in [4.78, 5) is 25.4. The highest BCUT2D eigenvalue weighted by Crippen LogP contribution is 2.15. The molecule has 0 saturated heterocycles. The Kier molecular flexibility index (Phi) is 3.42. The van der Waals surface area contributed by atoms with Crippen LogP contribution in [0.15, 0.2) is 27.4 Å². The van der Waals surface area contributed by atoms with E-state index in [1.165, 1.54) is 0 Å². The molecule has 0 radical (unpaired) electrons. The van der Waals surface area contributed by atoms with Crippen LogP contribution in [0, 0.1) is 0 Å². The van der Waals surface area contributed by atoms with Crippen molar-refractivity contribution in [2.45, 2.75) is 32.6 Å². The number of unbranched alkanes of at least 4 members (excludes halogenated alkanes) is 2. The Balaban J connectivity index is 2.17. The van der Waals surface area contributed by atoms with Crippen molar-refractivity contribution >= 4 is 16.9 Å². The largest absolute Gasteiger partial charge is 0.417 e. The zero-order valence-corrected chi connectivity index (χ0v) is 9.79. The lowest BCUT2D eigenvalue weighted by Crippen LogP contribution is -1.98. The number of carbonyl (C=O) groups is 1. The van der Waals surface area contributed by atoms with Gasteiger partial charge < -0.3 is 4.42 Å². The van der Waals surface area contributed by atoms with Gasteiger partial charge in [0.25, 0.3) is 0 Å². The van der Waals surface area contributed by atoms with E-state index >= 15 is 0 Å². The van der Waals surface area contributed by atoms with E-state index < -0.39 is 5.76 Å². The topological polar surface area (TPSA) is 63.1 Å². The molecule has 1 N–H and O–H groups in total. The zero-order valence-electron chi connectivity index (χ0n) is 9.79. The van der Waals surface area contributed by atoms with E-state index in [9.17, 15) is 9.59 Å². The van der Waals surface area contributed by atoms with Crippen molar-refractivity contribution in [2.75, 3.05) is 0 Å². The maximum Gasteiger partial charge on any atom is 0.417 e. The number of rotatable bonds is 5. The molecule has 2 aromatic rings. The second-order valence-electron chi connectivity index (χ2n) is 4.11. The first-order valence-electron chi connectivity index (χ1n) is 5.87. The van der Waals surface area contributed by atoms with Gasteiger partial charge in [-0.2, -0.15) is 0 Å². The van der Waals surface area contributed by atoms with E-state index in [4.69, 9.17) is 4.42 Å². The van der Waals surface area contributed by atoms with Gasteiger partial charge in [0.15, 0.2) is 11.4 Å². The Morgan fingerprint density at radius 1 is 1.35 bits per heavy atom. The molecule has 0 unspecified atom stereocenters. The number of oxazole rings is 1. The van der Waals surface area contributed by atoms with Crippen molar-refractivity contribution in [3.05, 3.63) is 34.3 Å². The lowest BCUT2D eigenvalue weighted by molar-refractivity contribution is 0.0979. The monoisotopic (exact) mass is 233 g/mol. The second-order valence-corrected chi connectivity index (χ2v) is 4.11. The first kappa shape index (κ1) is 11.6. The third kappa shape index (κ3) is 2.64. The molecular weight excluding hydrogens is 218 g/mol. The molecule has 1 heterocycles. The minimum Gasteiger partial charge on any atom is -0.408 e. The van der Waals surface area contributed by atoms with Crippen molar-refractivity contribution in [1.82, 2.24) is 4.98 Å². The summed E-state index contributed by atoms with van der Waals surface area (Å²) in [5.74, 6) is -0.389. The molecule has 0 aliphatic rings. The van der Waals surface area contributed by atoms with Gasteiger partial charge in [-0.25, -0.2) is 4.79 Å². The van der Waals surface area contributed by atoms with Gasteiger partial charge in [0, 0.05) is 12.0 Å². The Morgan fingerprint density at radius 3 is 2.94 bits per heavy atom. The molecule has 1 aromatic heterocycles. The van der Waals surface area contributed by atoms with Gasteiger partial charge in [0.2, 0.25) is 0 Å². The van der Waals surface area contributed by atoms with Gasteiger partial charge in [-0.3, -0.25) is 9.78 Å². The van der Waals surface area contributed by atoms with E-state index in [0.29, 0.717) is 23.1 Å². The maximum absolute atomic E-state index is 11.8. The van der Waals surface area contributed by atoms with Crippen molar-refractivity contribution in [3.8, 4) is 0 Å². The summed E-state index contributed by atoms with van der Waals surface area (Å²) >= 11 is 0. The fourth-order valence-corrected chi connectivity index (χ4v) is 1.80. The number of nitrogens with one attached hydrogen (secondary N) is 1. The number of carbonyl (C=O) groups excluding carboxylic acids is 1. The molecule has 4 heteroatoms. The van der Waals surface area contributed by atoms with Gasteiger partial charge in [-0.05, 0) is 24.6 Å². The zero-order chi connectivity index (χ0) is 12.3. The van der Waals surface area contributed by atoms with Crippen LogP contribution >= 0.6 is 0 Å². The minimum atomic E-state index is -0.490. The fourth-order valence-electron chi connectivity index (χ4n) is 1.80. The molecule has 0 bridgehead atoms. The average Bonchev–Trinajstić information content (AvgIpc) is 2.68. The van der Waals surface area contributed by atoms with Crippen LogP contribution in [-0.2, 0) is 0 Å². The number of H-pyrrole nitrogens is 1. The quantitative estimate of drug-likeness (QED) is 0.638. The number of fused-ring (bicyclic) bond motifs is 1. The fraction of sp³-hybridized carbons (Fsp3) is 0.385. The van der Waals surface area contributed by atoms with E-state index in [1.54, 1.807) is 18.2 Å². The molecule has 0 fully saturated rings. The lowest BCUT2D eigenvalue weighted by Gasteiger charge is -2.00. The van der Waals surface area contributed by atoms with E-state index in [1.807, 2.05) is 0 Å². The smallest absolute Gasteiger partial charge is 0.408 e. The van der Waals surface area contributed by atoms with Crippen molar-refractivity contribution < 1.29 is 9.21 Å². The number of benzene rings is 1. The summed E-state index contributed by atoms with van der Waals surface area (Å²) < 4.78 is 4.92. The third-order valence-electron chi connectivity index (χ3n) is 2.75. The van der Waals surface area contributed by atoms with Crippen LogP contribution in [0.1, 0.15) is 43.0 Å². The van der Waals surface area contributed by atoms with Gasteiger partial charge in [-0.1, -0.05) is 19.8 Å².